The molecule has 244 valence electrons. The topological polar surface area (TPSA) is 74.8 Å². The van der Waals surface area contributed by atoms with Gasteiger partial charge in [0, 0.05) is 43.1 Å². The van der Waals surface area contributed by atoms with Gasteiger partial charge in [-0.1, -0.05) is 118 Å². The summed E-state index contributed by atoms with van der Waals surface area (Å²) in [6, 6.07) is 16.7. The van der Waals surface area contributed by atoms with Crippen LogP contribution >= 0.6 is 81.2 Å². The molecule has 50 heavy (non-hydrogen) atoms. The van der Waals surface area contributed by atoms with Gasteiger partial charge >= 0.3 is 0 Å². The third kappa shape index (κ3) is 3.75. The molecule has 0 atom stereocenters. The van der Waals surface area contributed by atoms with Crippen molar-refractivity contribution in [2.24, 2.45) is 0 Å². The van der Waals surface area contributed by atoms with Gasteiger partial charge < -0.3 is 0 Å². The number of carbonyl (C=O) groups excluding carboxylic acids is 4. The summed E-state index contributed by atoms with van der Waals surface area (Å²) in [6.45, 7) is 1.64. The van der Waals surface area contributed by atoms with Crippen molar-refractivity contribution in [3.8, 4) is 0 Å². The number of fused-ring (bicyclic) bond motifs is 2. The van der Waals surface area contributed by atoms with Crippen molar-refractivity contribution >= 4 is 159 Å². The lowest BCUT2D eigenvalue weighted by Gasteiger charge is -2.33. The minimum atomic E-state index is -0.740. The zero-order chi connectivity index (χ0) is 35.2. The third-order valence-electron chi connectivity index (χ3n) is 9.52. The number of hydrogen-bond donors (Lipinski definition) is 0. The highest BCUT2D eigenvalue weighted by atomic mass is 35.5. The minimum absolute atomic E-state index is 0.0303. The maximum Gasteiger partial charge on any atom is 0.267 e. The van der Waals surface area contributed by atoms with Crippen LogP contribution < -0.4 is 9.80 Å². The average Bonchev–Trinajstić information content (AvgIpc) is 3.10. The first-order chi connectivity index (χ1) is 23.9. The summed E-state index contributed by atoms with van der Waals surface area (Å²) in [7, 11) is 0. The second-order valence-corrected chi connectivity index (χ2v) is 14.5. The van der Waals surface area contributed by atoms with Crippen molar-refractivity contribution in [2.75, 3.05) is 9.80 Å². The Morgan fingerprint density at radius 3 is 1.02 bits per heavy atom. The van der Waals surface area contributed by atoms with Crippen molar-refractivity contribution in [3.05, 3.63) is 124 Å². The molecule has 7 aromatic carbocycles. The van der Waals surface area contributed by atoms with Crippen LogP contribution in [0, 0.1) is 6.92 Å². The Labute approximate surface area is 316 Å². The molecule has 2 aliphatic heterocycles. The monoisotopic (exact) mass is 794 g/mol. The maximum atomic E-state index is 14.3. The number of amides is 4. The van der Waals surface area contributed by atoms with Gasteiger partial charge in [0.2, 0.25) is 0 Å². The van der Waals surface area contributed by atoms with E-state index in [2.05, 4.69) is 0 Å². The van der Waals surface area contributed by atoms with Crippen LogP contribution in [0.3, 0.4) is 0 Å². The molecular formula is C37H13Cl7N2O4. The lowest BCUT2D eigenvalue weighted by atomic mass is 9.80. The second kappa shape index (κ2) is 10.8. The fourth-order valence-electron chi connectivity index (χ4n) is 7.48. The molecule has 0 bridgehead atoms. The Hall–Kier alpha value is -3.85. The molecule has 0 aliphatic carbocycles. The summed E-state index contributed by atoms with van der Waals surface area (Å²) in [5.41, 5.74) is 0.839. The van der Waals surface area contributed by atoms with Crippen molar-refractivity contribution in [2.45, 2.75) is 6.92 Å². The summed E-state index contributed by atoms with van der Waals surface area (Å²) in [6.07, 6.45) is 0. The van der Waals surface area contributed by atoms with Gasteiger partial charge in [0.15, 0.2) is 0 Å². The van der Waals surface area contributed by atoms with Gasteiger partial charge in [0.1, 0.15) is 0 Å². The van der Waals surface area contributed by atoms with E-state index in [4.69, 9.17) is 81.2 Å². The molecule has 0 saturated heterocycles. The van der Waals surface area contributed by atoms with E-state index >= 15 is 0 Å². The number of hydrogen-bond acceptors (Lipinski definition) is 4. The van der Waals surface area contributed by atoms with Crippen LogP contribution in [0.1, 0.15) is 47.0 Å². The highest BCUT2D eigenvalue weighted by molar-refractivity contribution is 6.63. The first-order valence-corrected chi connectivity index (χ1v) is 17.4. The van der Waals surface area contributed by atoms with Gasteiger partial charge in [-0.05, 0) is 36.8 Å². The second-order valence-electron chi connectivity index (χ2n) is 11.9. The lowest BCUT2D eigenvalue weighted by molar-refractivity contribution is 0.0877. The number of halogens is 7. The number of rotatable bonds is 2. The number of anilines is 2. The third-order valence-corrected chi connectivity index (χ3v) is 12.5. The Morgan fingerprint density at radius 2 is 0.660 bits per heavy atom. The molecule has 0 unspecified atom stereocenters. The molecule has 0 spiro atoms. The molecular weight excluding hydrogens is 785 g/mol. The van der Waals surface area contributed by atoms with Crippen LogP contribution in [0.4, 0.5) is 11.4 Å². The number of imide groups is 2. The first kappa shape index (κ1) is 32.1. The maximum absolute atomic E-state index is 14.3. The zero-order valence-electron chi connectivity index (χ0n) is 24.9. The molecule has 7 aromatic rings. The van der Waals surface area contributed by atoms with E-state index in [0.717, 1.165) is 9.80 Å². The Balaban J connectivity index is 1.54. The van der Waals surface area contributed by atoms with Gasteiger partial charge in [-0.25, -0.2) is 9.80 Å². The Bertz CT molecular complexity index is 2490. The molecule has 0 radical (unpaired) electrons. The van der Waals surface area contributed by atoms with Crippen LogP contribution in [0.5, 0.6) is 0 Å². The number of benzene rings is 7. The standard InChI is InChI=1S/C37H13Cl7N2O4/c1-12-15-16-17-20(27(12)38)21-18-19-25(32(43)28(21)39)36(49)46(14-10-6-3-7-11-14)37(50)26(19)33(44)30(41)23(18)22(17)29(40)31(42)24(16)35(48)45(34(15)47)13-8-4-2-5-9-13/h2-11H,1H3. The van der Waals surface area contributed by atoms with Crippen LogP contribution in [0.25, 0.3) is 43.1 Å². The largest absolute Gasteiger partial charge is 0.268 e. The summed E-state index contributed by atoms with van der Waals surface area (Å²) >= 11 is 49.6. The van der Waals surface area contributed by atoms with Crippen molar-refractivity contribution in [1.29, 1.82) is 0 Å². The van der Waals surface area contributed by atoms with E-state index in [9.17, 15) is 19.2 Å². The highest BCUT2D eigenvalue weighted by Crippen LogP contribution is 2.59. The average molecular weight is 798 g/mol. The van der Waals surface area contributed by atoms with Crippen molar-refractivity contribution < 1.29 is 19.2 Å². The van der Waals surface area contributed by atoms with Gasteiger partial charge in [0.25, 0.3) is 23.6 Å². The van der Waals surface area contributed by atoms with E-state index in [1.54, 1.807) is 67.6 Å². The van der Waals surface area contributed by atoms with E-state index < -0.39 is 23.6 Å². The Morgan fingerprint density at radius 1 is 0.360 bits per heavy atom. The van der Waals surface area contributed by atoms with Gasteiger partial charge in [-0.3, -0.25) is 19.2 Å². The van der Waals surface area contributed by atoms with Crippen LogP contribution in [-0.4, -0.2) is 23.6 Å². The number of para-hydroxylation sites is 2. The molecule has 0 saturated carbocycles. The molecule has 0 fully saturated rings. The van der Waals surface area contributed by atoms with Crippen LogP contribution in [0.2, 0.25) is 35.2 Å². The van der Waals surface area contributed by atoms with Gasteiger partial charge in [-0.2, -0.15) is 0 Å². The molecule has 13 heteroatoms. The first-order valence-electron chi connectivity index (χ1n) is 14.8. The van der Waals surface area contributed by atoms with E-state index in [1.165, 1.54) is 0 Å². The fourth-order valence-corrected chi connectivity index (χ4v) is 9.42. The van der Waals surface area contributed by atoms with E-state index in [0.29, 0.717) is 11.3 Å². The molecule has 2 heterocycles. The minimum Gasteiger partial charge on any atom is -0.268 e. The lowest BCUT2D eigenvalue weighted by Crippen LogP contribution is -2.41. The molecule has 9 rings (SSSR count). The van der Waals surface area contributed by atoms with Crippen LogP contribution in [0.15, 0.2) is 60.7 Å². The molecule has 2 aliphatic rings. The molecule has 6 nitrogen and oxygen atoms in total. The predicted octanol–water partition coefficient (Wildman–Crippen LogP) is 12.2. The van der Waals surface area contributed by atoms with Crippen molar-refractivity contribution in [3.63, 3.8) is 0 Å². The van der Waals surface area contributed by atoms with Gasteiger partial charge in [0.05, 0.1) is 68.8 Å². The molecule has 0 aromatic heterocycles. The summed E-state index contributed by atoms with van der Waals surface area (Å²) in [5, 5.41) is 0.988. The smallest absolute Gasteiger partial charge is 0.267 e. The quantitative estimate of drug-likeness (QED) is 0.0992. The Kier molecular flexibility index (Phi) is 6.95. The van der Waals surface area contributed by atoms with Crippen molar-refractivity contribution in [1.82, 2.24) is 0 Å². The zero-order valence-corrected chi connectivity index (χ0v) is 30.2. The SMILES string of the molecule is Cc1c2c3c(c(Cl)c(Cl)c4c5c(Cl)c(Cl)c6c7c(c(Cl)c(Cl)c(c(c1Cl)c34)c75)C(=O)N(c1ccccc1)C6=O)C(=O)N(c1ccccc1)C2=O. The highest BCUT2D eigenvalue weighted by Gasteiger charge is 2.44. The van der Waals surface area contributed by atoms with E-state index in [1.807, 2.05) is 0 Å². The normalized spacial score (nSPS) is 14.5. The number of nitrogens with zero attached hydrogens (tertiary/aromatic N) is 2. The summed E-state index contributed by atoms with van der Waals surface area (Å²) in [5.74, 6) is -2.82. The van der Waals surface area contributed by atoms with Crippen LogP contribution in [-0.2, 0) is 0 Å². The molecule has 4 amide bonds. The fraction of sp³-hybridized carbons (Fsp3) is 0.0270. The van der Waals surface area contributed by atoms with E-state index in [-0.39, 0.29) is 106 Å². The van der Waals surface area contributed by atoms with Gasteiger partial charge in [-0.15, -0.1) is 0 Å². The molecule has 0 N–H and O–H groups in total. The summed E-state index contributed by atoms with van der Waals surface area (Å²) in [4.78, 5) is 59.2. The number of carbonyl (C=O) groups is 4. The predicted molar refractivity (Wildman–Crippen MR) is 203 cm³/mol. The summed E-state index contributed by atoms with van der Waals surface area (Å²) < 4.78 is 0.